The summed E-state index contributed by atoms with van der Waals surface area (Å²) in [6.45, 7) is 2.89. The molecule has 1 aromatic carbocycles. The van der Waals surface area contributed by atoms with E-state index in [9.17, 15) is 9.59 Å². The molecule has 1 aliphatic rings. The van der Waals surface area contributed by atoms with E-state index in [0.717, 1.165) is 11.3 Å². The molecule has 0 radical (unpaired) electrons. The van der Waals surface area contributed by atoms with Gasteiger partial charge in [0.15, 0.2) is 6.29 Å². The van der Waals surface area contributed by atoms with E-state index in [-0.39, 0.29) is 0 Å². The lowest BCUT2D eigenvalue weighted by Gasteiger charge is -2.15. The highest BCUT2D eigenvalue weighted by atomic mass is 35.5. The average Bonchev–Trinajstić information content (AvgIpc) is 2.94. The molecule has 0 spiro atoms. The zero-order valence-corrected chi connectivity index (χ0v) is 12.9. The standard InChI is InChI=1S/C14H15Cl2N3O2/c1-8(10-5-17-6-11(10)14(21)7-20)18-19-13-3-2-9(15)4-12(13)16/h2-4,7,11,17-19H,5-6H2,1H3. The Labute approximate surface area is 132 Å². The fraction of sp³-hybridized carbons (Fsp3) is 0.286. The molecule has 1 aliphatic heterocycles. The molecule has 1 saturated heterocycles. The summed E-state index contributed by atoms with van der Waals surface area (Å²) in [7, 11) is 0. The van der Waals surface area contributed by atoms with Crippen LogP contribution in [0.1, 0.15) is 6.92 Å². The minimum Gasteiger partial charge on any atom is -0.312 e. The molecule has 2 rings (SSSR count). The second-order valence-corrected chi connectivity index (χ2v) is 5.57. The van der Waals surface area contributed by atoms with E-state index in [1.165, 1.54) is 0 Å². The molecule has 0 bridgehead atoms. The maximum absolute atomic E-state index is 11.6. The predicted molar refractivity (Wildman–Crippen MR) is 83.4 cm³/mol. The van der Waals surface area contributed by atoms with Gasteiger partial charge in [-0.3, -0.25) is 15.0 Å². The van der Waals surface area contributed by atoms with Crippen molar-refractivity contribution in [2.24, 2.45) is 5.92 Å². The molecule has 1 fully saturated rings. The van der Waals surface area contributed by atoms with E-state index in [4.69, 9.17) is 23.2 Å². The summed E-state index contributed by atoms with van der Waals surface area (Å²) < 4.78 is 0. The number of Topliss-reactive ketones (excluding diaryl/α,β-unsaturated/α-hetero) is 1. The van der Waals surface area contributed by atoms with Crippen LogP contribution in [0.3, 0.4) is 0 Å². The van der Waals surface area contributed by atoms with Gasteiger partial charge in [-0.2, -0.15) is 0 Å². The van der Waals surface area contributed by atoms with Crippen LogP contribution in [0.25, 0.3) is 0 Å². The fourth-order valence-corrected chi connectivity index (χ4v) is 2.63. The molecule has 21 heavy (non-hydrogen) atoms. The minimum atomic E-state index is -0.416. The van der Waals surface area contributed by atoms with Gasteiger partial charge in [0, 0.05) is 23.8 Å². The normalized spacial score (nSPS) is 20.0. The number of anilines is 1. The molecule has 5 nitrogen and oxygen atoms in total. The first-order valence-corrected chi connectivity index (χ1v) is 7.15. The van der Waals surface area contributed by atoms with Crippen LogP contribution in [-0.4, -0.2) is 25.2 Å². The number of nitrogens with one attached hydrogen (secondary N) is 3. The van der Waals surface area contributed by atoms with Crippen molar-refractivity contribution in [2.75, 3.05) is 18.5 Å². The van der Waals surface area contributed by atoms with E-state index < -0.39 is 11.7 Å². The Hall–Kier alpha value is -1.56. The number of carbonyl (C=O) groups is 2. The first-order chi connectivity index (χ1) is 10.0. The molecule has 1 aromatic rings. The van der Waals surface area contributed by atoms with Gasteiger partial charge in [-0.15, -0.1) is 0 Å². The van der Waals surface area contributed by atoms with Crippen LogP contribution in [-0.2, 0) is 9.59 Å². The highest BCUT2D eigenvalue weighted by molar-refractivity contribution is 6.36. The summed E-state index contributed by atoms with van der Waals surface area (Å²) in [4.78, 5) is 22.2. The summed E-state index contributed by atoms with van der Waals surface area (Å²) in [6.07, 6.45) is 0.369. The van der Waals surface area contributed by atoms with Gasteiger partial charge in [0.25, 0.3) is 0 Å². The summed E-state index contributed by atoms with van der Waals surface area (Å²) >= 11 is 11.9. The highest BCUT2D eigenvalue weighted by Crippen LogP contribution is 2.25. The summed E-state index contributed by atoms with van der Waals surface area (Å²) in [5.41, 5.74) is 8.29. The number of rotatable bonds is 5. The van der Waals surface area contributed by atoms with Gasteiger partial charge in [0.1, 0.15) is 0 Å². The molecule has 1 heterocycles. The van der Waals surface area contributed by atoms with E-state index in [1.807, 2.05) is 6.92 Å². The van der Waals surface area contributed by atoms with Crippen molar-refractivity contribution in [1.29, 1.82) is 0 Å². The van der Waals surface area contributed by atoms with E-state index in [0.29, 0.717) is 35.1 Å². The monoisotopic (exact) mass is 327 g/mol. The lowest BCUT2D eigenvalue weighted by Crippen LogP contribution is -2.25. The molecule has 0 aliphatic carbocycles. The fourth-order valence-electron chi connectivity index (χ4n) is 2.18. The molecule has 0 aromatic heterocycles. The Morgan fingerprint density at radius 1 is 1.43 bits per heavy atom. The smallest absolute Gasteiger partial charge is 0.203 e. The summed E-state index contributed by atoms with van der Waals surface area (Å²) in [5.74, 6) is -0.821. The van der Waals surface area contributed by atoms with Crippen molar-refractivity contribution < 1.29 is 9.59 Å². The quantitative estimate of drug-likeness (QED) is 0.439. The van der Waals surface area contributed by atoms with Crippen LogP contribution in [0.15, 0.2) is 29.5 Å². The maximum Gasteiger partial charge on any atom is 0.203 e. The lowest BCUT2D eigenvalue weighted by molar-refractivity contribution is -0.131. The van der Waals surface area contributed by atoms with Crippen LogP contribution in [0, 0.1) is 5.92 Å². The second kappa shape index (κ2) is 6.93. The predicted octanol–water partition coefficient (Wildman–Crippen LogP) is 2.17. The lowest BCUT2D eigenvalue weighted by atomic mass is 9.97. The molecule has 0 saturated carbocycles. The molecule has 1 unspecified atom stereocenters. The Bertz CT molecular complexity index is 602. The largest absolute Gasteiger partial charge is 0.312 e. The van der Waals surface area contributed by atoms with Gasteiger partial charge >= 0.3 is 0 Å². The number of ketones is 1. The Morgan fingerprint density at radius 3 is 2.86 bits per heavy atom. The molecule has 7 heteroatoms. The molecule has 0 amide bonds. The molecule has 112 valence electrons. The van der Waals surface area contributed by atoms with Crippen molar-refractivity contribution in [3.63, 3.8) is 0 Å². The van der Waals surface area contributed by atoms with Crippen LogP contribution >= 0.6 is 23.2 Å². The van der Waals surface area contributed by atoms with E-state index in [2.05, 4.69) is 16.2 Å². The number of benzene rings is 1. The highest BCUT2D eigenvalue weighted by Gasteiger charge is 2.28. The molecular weight excluding hydrogens is 313 g/mol. The topological polar surface area (TPSA) is 70.2 Å². The summed E-state index contributed by atoms with van der Waals surface area (Å²) in [6, 6.07) is 5.10. The van der Waals surface area contributed by atoms with Gasteiger partial charge in [-0.05, 0) is 30.7 Å². The van der Waals surface area contributed by atoms with Gasteiger partial charge in [0.05, 0.1) is 16.6 Å². The van der Waals surface area contributed by atoms with Crippen LogP contribution in [0.4, 0.5) is 5.69 Å². The second-order valence-electron chi connectivity index (χ2n) is 4.73. The van der Waals surface area contributed by atoms with E-state index in [1.54, 1.807) is 18.2 Å². The van der Waals surface area contributed by atoms with Crippen LogP contribution < -0.4 is 16.2 Å². The third kappa shape index (κ3) is 3.75. The molecule has 3 N–H and O–H groups in total. The first kappa shape index (κ1) is 15.8. The van der Waals surface area contributed by atoms with Gasteiger partial charge in [0.2, 0.25) is 5.78 Å². The van der Waals surface area contributed by atoms with Crippen molar-refractivity contribution in [3.05, 3.63) is 39.5 Å². The van der Waals surface area contributed by atoms with Crippen molar-refractivity contribution in [2.45, 2.75) is 6.92 Å². The maximum atomic E-state index is 11.6. The third-order valence-electron chi connectivity index (χ3n) is 3.34. The van der Waals surface area contributed by atoms with Crippen molar-refractivity contribution in [3.8, 4) is 0 Å². The van der Waals surface area contributed by atoms with Gasteiger partial charge in [-0.1, -0.05) is 23.2 Å². The number of carbonyl (C=O) groups excluding carboxylic acids is 2. The number of aldehydes is 1. The number of allylic oxidation sites excluding steroid dienone is 1. The van der Waals surface area contributed by atoms with Crippen LogP contribution in [0.2, 0.25) is 10.0 Å². The molecular formula is C14H15Cl2N3O2. The minimum absolute atomic E-state index is 0.369. The molecule has 1 atom stereocenters. The SMILES string of the molecule is CC(NNc1ccc(Cl)cc1Cl)=C1CNCC1C(=O)C=O. The number of hydrogen-bond acceptors (Lipinski definition) is 5. The van der Waals surface area contributed by atoms with Gasteiger partial charge < -0.3 is 10.7 Å². The Morgan fingerprint density at radius 2 is 2.19 bits per heavy atom. The average molecular weight is 328 g/mol. The zero-order chi connectivity index (χ0) is 15.4. The number of hydrogen-bond donors (Lipinski definition) is 3. The Balaban J connectivity index is 2.09. The van der Waals surface area contributed by atoms with Gasteiger partial charge in [-0.25, -0.2) is 0 Å². The number of hydrazine groups is 1. The first-order valence-electron chi connectivity index (χ1n) is 6.39. The zero-order valence-electron chi connectivity index (χ0n) is 11.4. The van der Waals surface area contributed by atoms with Crippen molar-refractivity contribution >= 4 is 41.0 Å². The third-order valence-corrected chi connectivity index (χ3v) is 3.89. The van der Waals surface area contributed by atoms with Crippen LogP contribution in [0.5, 0.6) is 0 Å². The van der Waals surface area contributed by atoms with E-state index >= 15 is 0 Å². The summed E-state index contributed by atoms with van der Waals surface area (Å²) in [5, 5.41) is 4.12. The number of halogens is 2. The van der Waals surface area contributed by atoms with Crippen molar-refractivity contribution in [1.82, 2.24) is 10.7 Å². The Kier molecular flexibility index (Phi) is 5.22.